The standard InChI is InChI=1S/C24H30Cl2N2O5S/c1-31-20-8-7-17(13-21(20)32-2)9-10-27(15-19-6-4-12-34-19)22(29)16-28(24(30)23(25)26)14-18-5-3-11-33-18/h4,6-8,12-13,18,23H,3,5,9-11,14-16H2,1-2H3. The zero-order valence-electron chi connectivity index (χ0n) is 19.4. The van der Waals surface area contributed by atoms with Crippen LogP contribution in [0.4, 0.5) is 0 Å². The average molecular weight is 529 g/mol. The lowest BCUT2D eigenvalue weighted by Crippen LogP contribution is -2.47. The molecule has 0 spiro atoms. The van der Waals surface area contributed by atoms with E-state index < -0.39 is 10.7 Å². The smallest absolute Gasteiger partial charge is 0.256 e. The lowest BCUT2D eigenvalue weighted by Gasteiger charge is -2.29. The summed E-state index contributed by atoms with van der Waals surface area (Å²) < 4.78 is 16.4. The molecule has 2 aromatic rings. The van der Waals surface area contributed by atoms with Crippen LogP contribution in [0.1, 0.15) is 23.3 Å². The fraction of sp³-hybridized carbons (Fsp3) is 0.500. The van der Waals surface area contributed by atoms with Crippen LogP contribution in [0.3, 0.4) is 0 Å². The summed E-state index contributed by atoms with van der Waals surface area (Å²) in [6, 6.07) is 9.65. The fourth-order valence-electron chi connectivity index (χ4n) is 3.85. The summed E-state index contributed by atoms with van der Waals surface area (Å²) in [4.78, 5) is 29.0. The molecule has 1 fully saturated rings. The first-order valence-corrected chi connectivity index (χ1v) is 12.9. The van der Waals surface area contributed by atoms with Crippen molar-refractivity contribution < 1.29 is 23.8 Å². The van der Waals surface area contributed by atoms with Crippen LogP contribution in [-0.2, 0) is 27.3 Å². The number of thiophene rings is 1. The molecule has 0 N–H and O–H groups in total. The summed E-state index contributed by atoms with van der Waals surface area (Å²) in [5.41, 5.74) is 1.01. The summed E-state index contributed by atoms with van der Waals surface area (Å²) in [7, 11) is 3.18. The van der Waals surface area contributed by atoms with Gasteiger partial charge in [0, 0.05) is 24.6 Å². The Labute approximate surface area is 214 Å². The molecule has 0 saturated carbocycles. The van der Waals surface area contributed by atoms with Crippen molar-refractivity contribution in [2.24, 2.45) is 0 Å². The van der Waals surface area contributed by atoms with Crippen molar-refractivity contribution in [2.45, 2.75) is 36.7 Å². The molecule has 1 atom stereocenters. The zero-order valence-corrected chi connectivity index (χ0v) is 21.7. The first-order valence-electron chi connectivity index (χ1n) is 11.1. The number of alkyl halides is 2. The van der Waals surface area contributed by atoms with Gasteiger partial charge in [0.2, 0.25) is 5.91 Å². The maximum atomic E-state index is 13.4. The molecule has 1 aromatic carbocycles. The third-order valence-corrected chi connectivity index (χ3v) is 6.90. The van der Waals surface area contributed by atoms with Crippen LogP contribution in [0.15, 0.2) is 35.7 Å². The summed E-state index contributed by atoms with van der Waals surface area (Å²) in [5.74, 6) is 0.634. The van der Waals surface area contributed by atoms with Crippen molar-refractivity contribution in [2.75, 3.05) is 40.5 Å². The van der Waals surface area contributed by atoms with Gasteiger partial charge in [-0.05, 0) is 48.4 Å². The highest BCUT2D eigenvalue weighted by Gasteiger charge is 2.29. The monoisotopic (exact) mass is 528 g/mol. The van der Waals surface area contributed by atoms with Gasteiger partial charge >= 0.3 is 0 Å². The molecule has 34 heavy (non-hydrogen) atoms. The number of carbonyl (C=O) groups is 2. The van der Waals surface area contributed by atoms with E-state index in [-0.39, 0.29) is 18.6 Å². The van der Waals surface area contributed by atoms with Gasteiger partial charge in [0.15, 0.2) is 16.3 Å². The molecule has 10 heteroatoms. The van der Waals surface area contributed by atoms with E-state index >= 15 is 0 Å². The lowest BCUT2D eigenvalue weighted by molar-refractivity contribution is -0.141. The van der Waals surface area contributed by atoms with Gasteiger partial charge in [0.1, 0.15) is 0 Å². The molecular formula is C24H30Cl2N2O5S. The SMILES string of the molecule is COc1ccc(CCN(Cc2cccs2)C(=O)CN(CC2CCCO2)C(=O)C(Cl)Cl)cc1OC. The number of ether oxygens (including phenoxy) is 3. The van der Waals surface area contributed by atoms with E-state index in [9.17, 15) is 9.59 Å². The fourth-order valence-corrected chi connectivity index (χ4v) is 4.85. The third-order valence-electron chi connectivity index (χ3n) is 5.67. The largest absolute Gasteiger partial charge is 0.493 e. The van der Waals surface area contributed by atoms with Crippen LogP contribution < -0.4 is 9.47 Å². The Morgan fingerprint density at radius 2 is 1.97 bits per heavy atom. The van der Waals surface area contributed by atoms with Crippen molar-refractivity contribution in [3.05, 3.63) is 46.2 Å². The van der Waals surface area contributed by atoms with Gasteiger partial charge in [-0.25, -0.2) is 0 Å². The van der Waals surface area contributed by atoms with E-state index in [0.717, 1.165) is 23.3 Å². The van der Waals surface area contributed by atoms with Gasteiger partial charge < -0.3 is 24.0 Å². The van der Waals surface area contributed by atoms with Crippen molar-refractivity contribution >= 4 is 46.4 Å². The average Bonchev–Trinajstić information content (AvgIpc) is 3.54. The van der Waals surface area contributed by atoms with Crippen molar-refractivity contribution in [1.29, 1.82) is 0 Å². The Morgan fingerprint density at radius 3 is 2.59 bits per heavy atom. The molecule has 0 radical (unpaired) electrons. The molecule has 2 amide bonds. The molecule has 186 valence electrons. The van der Waals surface area contributed by atoms with Crippen LogP contribution in [0.5, 0.6) is 11.5 Å². The van der Waals surface area contributed by atoms with Crippen LogP contribution in [-0.4, -0.2) is 73.0 Å². The lowest BCUT2D eigenvalue weighted by atomic mass is 10.1. The van der Waals surface area contributed by atoms with E-state index in [2.05, 4.69) is 0 Å². The predicted octanol–water partition coefficient (Wildman–Crippen LogP) is 4.15. The van der Waals surface area contributed by atoms with Crippen LogP contribution >= 0.6 is 34.5 Å². The highest BCUT2D eigenvalue weighted by Crippen LogP contribution is 2.28. The second-order valence-corrected chi connectivity index (χ2v) is 10.1. The van der Waals surface area contributed by atoms with E-state index in [0.29, 0.717) is 44.2 Å². The van der Waals surface area contributed by atoms with Crippen LogP contribution in [0, 0.1) is 0 Å². The summed E-state index contributed by atoms with van der Waals surface area (Å²) in [6.45, 7) is 1.77. The summed E-state index contributed by atoms with van der Waals surface area (Å²) >= 11 is 13.3. The number of amides is 2. The van der Waals surface area contributed by atoms with E-state index in [1.165, 1.54) is 4.90 Å². The van der Waals surface area contributed by atoms with Gasteiger partial charge in [-0.3, -0.25) is 9.59 Å². The Kier molecular flexibility index (Phi) is 10.3. The van der Waals surface area contributed by atoms with E-state index in [1.54, 1.807) is 30.5 Å². The molecule has 0 aliphatic carbocycles. The minimum Gasteiger partial charge on any atom is -0.493 e. The highest BCUT2D eigenvalue weighted by molar-refractivity contribution is 7.09. The quantitative estimate of drug-likeness (QED) is 0.387. The van der Waals surface area contributed by atoms with Gasteiger partial charge in [-0.15, -0.1) is 11.3 Å². The number of halogens is 2. The van der Waals surface area contributed by atoms with E-state index in [1.807, 2.05) is 35.7 Å². The van der Waals surface area contributed by atoms with Gasteiger partial charge in [-0.2, -0.15) is 0 Å². The minimum absolute atomic E-state index is 0.105. The number of rotatable bonds is 12. The normalized spacial score (nSPS) is 15.4. The zero-order chi connectivity index (χ0) is 24.5. The molecule has 1 aliphatic heterocycles. The number of hydrogen-bond donors (Lipinski definition) is 0. The molecule has 3 rings (SSSR count). The third kappa shape index (κ3) is 7.50. The van der Waals surface area contributed by atoms with Gasteiger partial charge in [-0.1, -0.05) is 35.3 Å². The molecule has 2 heterocycles. The maximum Gasteiger partial charge on any atom is 0.256 e. The van der Waals surface area contributed by atoms with Gasteiger partial charge in [0.25, 0.3) is 5.91 Å². The Hall–Kier alpha value is -2.00. The molecule has 1 aliphatic rings. The highest BCUT2D eigenvalue weighted by atomic mass is 35.5. The molecule has 0 bridgehead atoms. The number of carbonyl (C=O) groups excluding carboxylic acids is 2. The van der Waals surface area contributed by atoms with Crippen LogP contribution in [0.25, 0.3) is 0 Å². The maximum absolute atomic E-state index is 13.4. The van der Waals surface area contributed by atoms with Crippen molar-refractivity contribution in [3.8, 4) is 11.5 Å². The summed E-state index contributed by atoms with van der Waals surface area (Å²) in [5, 5.41) is 1.98. The first kappa shape index (κ1) is 26.6. The molecule has 1 aromatic heterocycles. The Morgan fingerprint density at radius 1 is 1.18 bits per heavy atom. The first-order chi connectivity index (χ1) is 16.4. The topological polar surface area (TPSA) is 68.3 Å². The second-order valence-electron chi connectivity index (χ2n) is 7.99. The number of nitrogens with zero attached hydrogens (tertiary/aromatic N) is 2. The Bertz CT molecular complexity index is 935. The van der Waals surface area contributed by atoms with E-state index in [4.69, 9.17) is 37.4 Å². The second kappa shape index (κ2) is 13.2. The minimum atomic E-state index is -1.23. The van der Waals surface area contributed by atoms with Gasteiger partial charge in [0.05, 0.1) is 33.4 Å². The van der Waals surface area contributed by atoms with Crippen molar-refractivity contribution in [3.63, 3.8) is 0 Å². The Balaban J connectivity index is 1.72. The van der Waals surface area contributed by atoms with Crippen molar-refractivity contribution in [1.82, 2.24) is 9.80 Å². The molecule has 1 unspecified atom stereocenters. The number of hydrogen-bond acceptors (Lipinski definition) is 6. The number of methoxy groups -OCH3 is 2. The molecular weight excluding hydrogens is 499 g/mol. The number of benzene rings is 1. The molecule has 1 saturated heterocycles. The molecule has 7 nitrogen and oxygen atoms in total. The van der Waals surface area contributed by atoms with Crippen LogP contribution in [0.2, 0.25) is 0 Å². The summed E-state index contributed by atoms with van der Waals surface area (Å²) in [6.07, 6.45) is 2.28. The predicted molar refractivity (Wildman–Crippen MR) is 134 cm³/mol.